The van der Waals surface area contributed by atoms with Gasteiger partial charge in [0.2, 0.25) is 0 Å². The summed E-state index contributed by atoms with van der Waals surface area (Å²) in [6.07, 6.45) is 2.70. The molecule has 6 heteroatoms. The topological polar surface area (TPSA) is 38.3 Å². The van der Waals surface area contributed by atoms with Gasteiger partial charge >= 0.3 is 5.97 Å². The second-order valence-corrected chi connectivity index (χ2v) is 6.01. The third-order valence-electron chi connectivity index (χ3n) is 2.35. The number of hydrogen-bond donors (Lipinski definition) is 1. The van der Waals surface area contributed by atoms with E-state index in [1.165, 1.54) is 18.9 Å². The van der Waals surface area contributed by atoms with Gasteiger partial charge in [0.15, 0.2) is 0 Å². The zero-order chi connectivity index (χ0) is 13.0. The van der Waals surface area contributed by atoms with Crippen LogP contribution in [-0.4, -0.2) is 23.7 Å². The molecule has 0 unspecified atom stereocenters. The number of carbonyl (C=O) groups is 1. The highest BCUT2D eigenvalue weighted by atomic mass is 32.2. The van der Waals surface area contributed by atoms with Crippen molar-refractivity contribution in [2.45, 2.75) is 20.3 Å². The molecule has 0 fully saturated rings. The van der Waals surface area contributed by atoms with Crippen molar-refractivity contribution in [2.24, 2.45) is 0 Å². The minimum atomic E-state index is -0.308. The first-order valence-corrected chi connectivity index (χ1v) is 7.55. The largest absolute Gasteiger partial charge is 0.465 e. The summed E-state index contributed by atoms with van der Waals surface area (Å²) in [4.78, 5) is 12.9. The first-order valence-electron chi connectivity index (χ1n) is 5.10. The van der Waals surface area contributed by atoms with Gasteiger partial charge in [0.25, 0.3) is 0 Å². The molecule has 1 N–H and O–H groups in total. The molecule has 1 aromatic rings. The lowest BCUT2D eigenvalue weighted by atomic mass is 10.1. The van der Waals surface area contributed by atoms with Gasteiger partial charge in [-0.25, -0.2) is 4.79 Å². The van der Waals surface area contributed by atoms with E-state index in [4.69, 9.17) is 17.0 Å². The van der Waals surface area contributed by atoms with Crippen LogP contribution in [0.2, 0.25) is 0 Å². The molecule has 94 valence electrons. The molecule has 1 heterocycles. The van der Waals surface area contributed by atoms with Crippen molar-refractivity contribution in [2.75, 3.05) is 18.7 Å². The second-order valence-electron chi connectivity index (χ2n) is 3.30. The highest BCUT2D eigenvalue weighted by molar-refractivity contribution is 8.22. The van der Waals surface area contributed by atoms with Crippen molar-refractivity contribution in [3.63, 3.8) is 0 Å². The summed E-state index contributed by atoms with van der Waals surface area (Å²) in [7, 11) is 1.39. The van der Waals surface area contributed by atoms with E-state index in [9.17, 15) is 4.79 Å². The van der Waals surface area contributed by atoms with Crippen molar-refractivity contribution < 1.29 is 9.53 Å². The van der Waals surface area contributed by atoms with Gasteiger partial charge in [-0.1, -0.05) is 19.1 Å². The highest BCUT2D eigenvalue weighted by Gasteiger charge is 2.21. The second kappa shape index (κ2) is 6.37. The van der Waals surface area contributed by atoms with Gasteiger partial charge < -0.3 is 10.1 Å². The predicted octanol–water partition coefficient (Wildman–Crippen LogP) is 3.47. The van der Waals surface area contributed by atoms with Gasteiger partial charge in [-0.05, 0) is 25.2 Å². The number of thioether (sulfide) groups is 1. The zero-order valence-corrected chi connectivity index (χ0v) is 12.7. The molecule has 0 aliphatic carbocycles. The third-order valence-corrected chi connectivity index (χ3v) is 4.49. The Morgan fingerprint density at radius 2 is 2.24 bits per heavy atom. The van der Waals surface area contributed by atoms with Crippen LogP contribution in [0, 0.1) is 6.92 Å². The Hall–Kier alpha value is -0.590. The van der Waals surface area contributed by atoms with Crippen LogP contribution < -0.4 is 5.32 Å². The Kier molecular flexibility index (Phi) is 5.42. The molecule has 17 heavy (non-hydrogen) atoms. The normalized spacial score (nSPS) is 10.1. The molecule has 0 aliphatic heterocycles. The zero-order valence-electron chi connectivity index (χ0n) is 10.2. The third kappa shape index (κ3) is 3.20. The van der Waals surface area contributed by atoms with Gasteiger partial charge in [0, 0.05) is 4.88 Å². The number of methoxy groups -OCH3 is 1. The molecular weight excluding hydrogens is 274 g/mol. The standard InChI is InChI=1S/C11H15NO2S3/c1-5-7-6(2)17-9(12-11(15)16-4)8(7)10(13)14-3/h5H2,1-4H3,(H,12,15). The van der Waals surface area contributed by atoms with E-state index in [1.54, 1.807) is 11.3 Å². The maximum atomic E-state index is 11.8. The smallest absolute Gasteiger partial charge is 0.341 e. The number of hydrogen-bond acceptors (Lipinski definition) is 5. The van der Waals surface area contributed by atoms with Crippen molar-refractivity contribution in [3.8, 4) is 0 Å². The van der Waals surface area contributed by atoms with E-state index in [0.717, 1.165) is 21.9 Å². The molecule has 0 saturated heterocycles. The molecule has 0 spiro atoms. The molecule has 0 bridgehead atoms. The number of esters is 1. The van der Waals surface area contributed by atoms with E-state index in [-0.39, 0.29) is 5.97 Å². The number of thiophene rings is 1. The Balaban J connectivity index is 3.20. The first-order chi connectivity index (χ1) is 8.04. The number of thiocarbonyl (C=S) groups is 1. The Morgan fingerprint density at radius 3 is 2.71 bits per heavy atom. The summed E-state index contributed by atoms with van der Waals surface area (Å²) in [5.74, 6) is -0.308. The minimum Gasteiger partial charge on any atom is -0.465 e. The Morgan fingerprint density at radius 1 is 1.59 bits per heavy atom. The molecule has 1 aromatic heterocycles. The minimum absolute atomic E-state index is 0.308. The van der Waals surface area contributed by atoms with Gasteiger partial charge in [0.05, 0.1) is 12.7 Å². The van der Waals surface area contributed by atoms with E-state index in [2.05, 4.69) is 5.32 Å². The molecule has 0 aliphatic rings. The fourth-order valence-electron chi connectivity index (χ4n) is 1.55. The number of nitrogens with one attached hydrogen (secondary N) is 1. The van der Waals surface area contributed by atoms with E-state index >= 15 is 0 Å². The lowest BCUT2D eigenvalue weighted by molar-refractivity contribution is 0.0601. The van der Waals surface area contributed by atoms with Crippen molar-refractivity contribution in [1.29, 1.82) is 0 Å². The van der Waals surface area contributed by atoms with Crippen LogP contribution in [-0.2, 0) is 11.2 Å². The summed E-state index contributed by atoms with van der Waals surface area (Å²) in [6.45, 7) is 4.03. The number of ether oxygens (including phenoxy) is 1. The Bertz CT molecular complexity index is 440. The average Bonchev–Trinajstić information content (AvgIpc) is 2.63. The maximum Gasteiger partial charge on any atom is 0.341 e. The first kappa shape index (κ1) is 14.5. The fourth-order valence-corrected chi connectivity index (χ4v) is 3.13. The molecule has 0 aromatic carbocycles. The lowest BCUT2D eigenvalue weighted by Crippen LogP contribution is -2.10. The summed E-state index contributed by atoms with van der Waals surface area (Å²) in [5, 5.41) is 3.87. The number of anilines is 1. The molecular formula is C11H15NO2S3. The van der Waals surface area contributed by atoms with Crippen molar-refractivity contribution in [1.82, 2.24) is 0 Å². The van der Waals surface area contributed by atoms with Gasteiger partial charge in [-0.2, -0.15) is 0 Å². The van der Waals surface area contributed by atoms with Crippen LogP contribution in [0.1, 0.15) is 27.7 Å². The van der Waals surface area contributed by atoms with Crippen LogP contribution in [0.5, 0.6) is 0 Å². The molecule has 0 radical (unpaired) electrons. The predicted molar refractivity (Wildman–Crippen MR) is 79.5 cm³/mol. The summed E-state index contributed by atoms with van der Waals surface area (Å²) < 4.78 is 5.48. The Labute approximate surface area is 115 Å². The summed E-state index contributed by atoms with van der Waals surface area (Å²) in [5.41, 5.74) is 1.65. The fraction of sp³-hybridized carbons (Fsp3) is 0.455. The monoisotopic (exact) mass is 289 g/mol. The van der Waals surface area contributed by atoms with Crippen LogP contribution >= 0.6 is 35.3 Å². The maximum absolute atomic E-state index is 11.8. The van der Waals surface area contributed by atoms with Crippen LogP contribution in [0.3, 0.4) is 0 Å². The van der Waals surface area contributed by atoms with Crippen molar-refractivity contribution >= 4 is 50.6 Å². The van der Waals surface area contributed by atoms with E-state index in [1.807, 2.05) is 20.1 Å². The number of carbonyl (C=O) groups excluding carboxylic acids is 1. The molecule has 0 saturated carbocycles. The quantitative estimate of drug-likeness (QED) is 0.681. The molecule has 0 amide bonds. The molecule has 1 rings (SSSR count). The average molecular weight is 289 g/mol. The van der Waals surface area contributed by atoms with Gasteiger partial charge in [0.1, 0.15) is 9.32 Å². The van der Waals surface area contributed by atoms with Crippen molar-refractivity contribution in [3.05, 3.63) is 16.0 Å². The van der Waals surface area contributed by atoms with Crippen LogP contribution in [0.15, 0.2) is 0 Å². The SMILES string of the molecule is CCc1c(C)sc(NC(=S)SC)c1C(=O)OC. The summed E-state index contributed by atoms with van der Waals surface area (Å²) in [6, 6.07) is 0. The molecule has 0 atom stereocenters. The lowest BCUT2D eigenvalue weighted by Gasteiger charge is -2.06. The van der Waals surface area contributed by atoms with Crippen LogP contribution in [0.4, 0.5) is 5.00 Å². The number of aryl methyl sites for hydroxylation is 1. The van der Waals surface area contributed by atoms with E-state index < -0.39 is 0 Å². The molecule has 3 nitrogen and oxygen atoms in total. The van der Waals surface area contributed by atoms with Gasteiger partial charge in [-0.3, -0.25) is 0 Å². The van der Waals surface area contributed by atoms with Crippen LogP contribution in [0.25, 0.3) is 0 Å². The van der Waals surface area contributed by atoms with Gasteiger partial charge in [-0.15, -0.1) is 23.1 Å². The number of rotatable bonds is 3. The van der Waals surface area contributed by atoms with E-state index in [0.29, 0.717) is 9.88 Å². The highest BCUT2D eigenvalue weighted by Crippen LogP contribution is 2.34. The summed E-state index contributed by atoms with van der Waals surface area (Å²) >= 11 is 8.10.